The van der Waals surface area contributed by atoms with E-state index in [1.807, 2.05) is 45.9 Å². The number of piperidine rings is 1. The average molecular weight is 400 g/mol. The van der Waals surface area contributed by atoms with E-state index in [9.17, 15) is 9.18 Å². The number of amides is 1. The van der Waals surface area contributed by atoms with Crippen molar-refractivity contribution in [2.45, 2.75) is 58.7 Å². The van der Waals surface area contributed by atoms with Crippen molar-refractivity contribution < 1.29 is 18.7 Å². The van der Waals surface area contributed by atoms with Crippen LogP contribution in [0.3, 0.4) is 0 Å². The summed E-state index contributed by atoms with van der Waals surface area (Å²) in [7, 11) is 0. The van der Waals surface area contributed by atoms with Gasteiger partial charge >= 0.3 is 6.09 Å². The van der Waals surface area contributed by atoms with Crippen molar-refractivity contribution >= 4 is 6.09 Å². The Labute approximate surface area is 171 Å². The maximum Gasteiger partial charge on any atom is 0.410 e. The molecule has 3 rings (SSSR count). The van der Waals surface area contributed by atoms with E-state index in [0.717, 1.165) is 24.1 Å². The van der Waals surface area contributed by atoms with E-state index in [4.69, 9.17) is 9.47 Å². The molecule has 1 saturated heterocycles. The van der Waals surface area contributed by atoms with E-state index in [1.54, 1.807) is 17.0 Å². The van der Waals surface area contributed by atoms with Crippen LogP contribution >= 0.6 is 0 Å². The van der Waals surface area contributed by atoms with Gasteiger partial charge in [0.2, 0.25) is 5.88 Å². The number of likely N-dealkylation sites (tertiary alicyclic amines) is 1. The molecule has 2 aromatic rings. The van der Waals surface area contributed by atoms with E-state index < -0.39 is 5.60 Å². The summed E-state index contributed by atoms with van der Waals surface area (Å²) in [5.41, 5.74) is 1.84. The molecule has 0 aliphatic carbocycles. The molecule has 1 fully saturated rings. The maximum atomic E-state index is 14.0. The van der Waals surface area contributed by atoms with E-state index >= 15 is 0 Å². The second-order valence-corrected chi connectivity index (χ2v) is 8.53. The Balaban J connectivity index is 1.57. The van der Waals surface area contributed by atoms with Gasteiger partial charge in [-0.2, -0.15) is 0 Å². The number of aryl methyl sites for hydroxylation is 1. The molecule has 0 atom stereocenters. The molecule has 1 aliphatic heterocycles. The van der Waals surface area contributed by atoms with E-state index in [2.05, 4.69) is 4.98 Å². The highest BCUT2D eigenvalue weighted by Gasteiger charge is 2.28. The van der Waals surface area contributed by atoms with Crippen molar-refractivity contribution in [1.82, 2.24) is 9.88 Å². The van der Waals surface area contributed by atoms with Crippen LogP contribution in [0.15, 0.2) is 36.4 Å². The van der Waals surface area contributed by atoms with E-state index in [1.165, 1.54) is 6.07 Å². The second-order valence-electron chi connectivity index (χ2n) is 8.53. The quantitative estimate of drug-likeness (QED) is 0.706. The number of pyridine rings is 1. The monoisotopic (exact) mass is 400 g/mol. The standard InChI is InChI=1S/C23H29FN2O3/c1-16-8-9-18(19(24)14-16)15-28-21-7-5-6-20(25-21)17-10-12-26(13-11-17)22(27)29-23(2,3)4/h5-9,14,17H,10-13,15H2,1-4H3. The van der Waals surface area contributed by atoms with Crippen LogP contribution in [0.5, 0.6) is 5.88 Å². The zero-order chi connectivity index (χ0) is 21.0. The molecule has 1 aromatic heterocycles. The van der Waals surface area contributed by atoms with Crippen LogP contribution in [0.1, 0.15) is 56.4 Å². The molecule has 0 spiro atoms. The molecule has 0 saturated carbocycles. The molecule has 5 nitrogen and oxygen atoms in total. The van der Waals surface area contributed by atoms with Crippen molar-refractivity contribution in [3.63, 3.8) is 0 Å². The maximum absolute atomic E-state index is 14.0. The molecule has 29 heavy (non-hydrogen) atoms. The largest absolute Gasteiger partial charge is 0.473 e. The molecule has 2 heterocycles. The molecule has 1 aromatic carbocycles. The summed E-state index contributed by atoms with van der Waals surface area (Å²) in [6, 6.07) is 10.8. The van der Waals surface area contributed by atoms with Crippen LogP contribution in [0.25, 0.3) is 0 Å². The number of aromatic nitrogens is 1. The highest BCUT2D eigenvalue weighted by molar-refractivity contribution is 5.68. The van der Waals surface area contributed by atoms with Crippen LogP contribution in [0.4, 0.5) is 9.18 Å². The van der Waals surface area contributed by atoms with Gasteiger partial charge in [0.25, 0.3) is 0 Å². The third-order valence-electron chi connectivity index (χ3n) is 4.89. The Morgan fingerprint density at radius 1 is 1.21 bits per heavy atom. The van der Waals surface area contributed by atoms with Crippen LogP contribution in [-0.4, -0.2) is 34.7 Å². The zero-order valence-electron chi connectivity index (χ0n) is 17.6. The first-order chi connectivity index (χ1) is 13.7. The van der Waals surface area contributed by atoms with Crippen molar-refractivity contribution in [2.24, 2.45) is 0 Å². The molecule has 1 amide bonds. The number of hydrogen-bond acceptors (Lipinski definition) is 4. The third kappa shape index (κ3) is 5.92. The first-order valence-electron chi connectivity index (χ1n) is 10.0. The summed E-state index contributed by atoms with van der Waals surface area (Å²) < 4.78 is 25.2. The Hall–Kier alpha value is -2.63. The van der Waals surface area contributed by atoms with Gasteiger partial charge in [0.05, 0.1) is 0 Å². The lowest BCUT2D eigenvalue weighted by atomic mass is 9.93. The SMILES string of the molecule is Cc1ccc(COc2cccc(C3CCN(C(=O)OC(C)(C)C)CC3)n2)c(F)c1. The van der Waals surface area contributed by atoms with E-state index in [-0.39, 0.29) is 24.4 Å². The first-order valence-corrected chi connectivity index (χ1v) is 10.0. The molecule has 156 valence electrons. The number of halogens is 1. The van der Waals surface area contributed by atoms with Crippen molar-refractivity contribution in [2.75, 3.05) is 13.1 Å². The predicted octanol–water partition coefficient (Wildman–Crippen LogP) is 5.22. The van der Waals surface area contributed by atoms with Gasteiger partial charge in [-0.3, -0.25) is 0 Å². The Morgan fingerprint density at radius 3 is 2.59 bits per heavy atom. The van der Waals surface area contributed by atoms with Crippen molar-refractivity contribution in [3.05, 3.63) is 59.0 Å². The molecule has 0 N–H and O–H groups in total. The fraction of sp³-hybridized carbons (Fsp3) is 0.478. The van der Waals surface area contributed by atoms with Crippen molar-refractivity contribution in [1.29, 1.82) is 0 Å². The van der Waals surface area contributed by atoms with Crippen LogP contribution in [0, 0.1) is 12.7 Å². The van der Waals surface area contributed by atoms with Gasteiger partial charge in [-0.05, 0) is 58.2 Å². The lowest BCUT2D eigenvalue weighted by Crippen LogP contribution is -2.41. The normalized spacial score (nSPS) is 15.3. The highest BCUT2D eigenvalue weighted by Crippen LogP contribution is 2.28. The number of hydrogen-bond donors (Lipinski definition) is 0. The molecule has 0 unspecified atom stereocenters. The molecular formula is C23H29FN2O3. The first kappa shape index (κ1) is 21.1. The predicted molar refractivity (Wildman–Crippen MR) is 109 cm³/mol. The zero-order valence-corrected chi connectivity index (χ0v) is 17.6. The van der Waals surface area contributed by atoms with Crippen LogP contribution in [-0.2, 0) is 11.3 Å². The molecule has 0 bridgehead atoms. The minimum Gasteiger partial charge on any atom is -0.473 e. The lowest BCUT2D eigenvalue weighted by molar-refractivity contribution is 0.0204. The molecule has 6 heteroatoms. The Bertz CT molecular complexity index is 855. The van der Waals surface area contributed by atoms with Crippen LogP contribution < -0.4 is 4.74 Å². The van der Waals surface area contributed by atoms with Gasteiger partial charge in [-0.15, -0.1) is 0 Å². The van der Waals surface area contributed by atoms with Gasteiger partial charge in [0, 0.05) is 36.3 Å². The van der Waals surface area contributed by atoms with Gasteiger partial charge in [0.15, 0.2) is 0 Å². The number of ether oxygens (including phenoxy) is 2. The molecule has 1 aliphatic rings. The average Bonchev–Trinajstić information content (AvgIpc) is 2.66. The number of rotatable bonds is 4. The number of carbonyl (C=O) groups excluding carboxylic acids is 1. The summed E-state index contributed by atoms with van der Waals surface area (Å²) in [6.45, 7) is 8.88. The van der Waals surface area contributed by atoms with Crippen LogP contribution in [0.2, 0.25) is 0 Å². The number of carbonyl (C=O) groups is 1. The summed E-state index contributed by atoms with van der Waals surface area (Å²) in [5.74, 6) is 0.473. The summed E-state index contributed by atoms with van der Waals surface area (Å²) >= 11 is 0. The summed E-state index contributed by atoms with van der Waals surface area (Å²) in [4.78, 5) is 18.6. The fourth-order valence-corrected chi connectivity index (χ4v) is 3.34. The van der Waals surface area contributed by atoms with Gasteiger partial charge in [0.1, 0.15) is 18.0 Å². The van der Waals surface area contributed by atoms with Gasteiger partial charge < -0.3 is 14.4 Å². The van der Waals surface area contributed by atoms with Gasteiger partial charge in [-0.25, -0.2) is 14.2 Å². The molecular weight excluding hydrogens is 371 g/mol. The second kappa shape index (κ2) is 8.80. The number of nitrogens with zero attached hydrogens (tertiary/aromatic N) is 2. The van der Waals surface area contributed by atoms with Gasteiger partial charge in [-0.1, -0.05) is 18.2 Å². The summed E-state index contributed by atoms with van der Waals surface area (Å²) in [6.07, 6.45) is 1.38. The Kier molecular flexibility index (Phi) is 6.40. The minimum absolute atomic E-state index is 0.139. The number of benzene rings is 1. The summed E-state index contributed by atoms with van der Waals surface area (Å²) in [5, 5.41) is 0. The fourth-order valence-electron chi connectivity index (χ4n) is 3.34. The minimum atomic E-state index is -0.488. The highest BCUT2D eigenvalue weighted by atomic mass is 19.1. The topological polar surface area (TPSA) is 51.7 Å². The smallest absolute Gasteiger partial charge is 0.410 e. The molecule has 0 radical (unpaired) electrons. The van der Waals surface area contributed by atoms with Crippen molar-refractivity contribution in [3.8, 4) is 5.88 Å². The van der Waals surface area contributed by atoms with E-state index in [0.29, 0.717) is 24.5 Å². The lowest BCUT2D eigenvalue weighted by Gasteiger charge is -2.33. The third-order valence-corrected chi connectivity index (χ3v) is 4.89. The Morgan fingerprint density at radius 2 is 1.93 bits per heavy atom.